The molecule has 1 aliphatic heterocycles. The van der Waals surface area contributed by atoms with Gasteiger partial charge in [-0.25, -0.2) is 0 Å². The molecule has 0 bridgehead atoms. The molecule has 2 aliphatic rings. The van der Waals surface area contributed by atoms with E-state index in [0.29, 0.717) is 37.5 Å². The average molecular weight is 290 g/mol. The molecule has 1 aliphatic carbocycles. The molecule has 0 spiro atoms. The molecule has 1 saturated carbocycles. The van der Waals surface area contributed by atoms with E-state index in [9.17, 15) is 4.79 Å². The highest BCUT2D eigenvalue weighted by molar-refractivity contribution is 6.18. The molecule has 2 fully saturated rings. The van der Waals surface area contributed by atoms with Crippen LogP contribution in [0.2, 0.25) is 0 Å². The number of carbonyl (C=O) groups is 1. The number of amides is 1. The van der Waals surface area contributed by atoms with Gasteiger partial charge in [0.1, 0.15) is 0 Å². The van der Waals surface area contributed by atoms with Crippen LogP contribution in [0.4, 0.5) is 0 Å². The summed E-state index contributed by atoms with van der Waals surface area (Å²) >= 11 is 5.82. The first-order valence-corrected chi connectivity index (χ1v) is 7.76. The fourth-order valence-corrected chi connectivity index (χ4v) is 3.02. The van der Waals surface area contributed by atoms with Crippen molar-refractivity contribution in [2.45, 2.75) is 51.4 Å². The standard InChI is InChI=1S/C14H24ClNO3/c1-3-18-12-4-11(5-12)6-14(17)16-8-13(7-15)19-9-10(16)2/h10-13H,3-9H2,1-2H3. The minimum absolute atomic E-state index is 0.0145. The number of rotatable bonds is 5. The molecule has 2 rings (SSSR count). The highest BCUT2D eigenvalue weighted by atomic mass is 35.5. The van der Waals surface area contributed by atoms with Crippen molar-refractivity contribution in [3.63, 3.8) is 0 Å². The minimum atomic E-state index is -0.0145. The molecule has 5 heteroatoms. The summed E-state index contributed by atoms with van der Waals surface area (Å²) in [6, 6.07) is 0.162. The van der Waals surface area contributed by atoms with Gasteiger partial charge in [0.05, 0.1) is 30.7 Å². The number of halogens is 1. The third kappa shape index (κ3) is 3.83. The molecule has 1 heterocycles. The van der Waals surface area contributed by atoms with Crippen LogP contribution in [0, 0.1) is 5.92 Å². The third-order valence-electron chi connectivity index (χ3n) is 4.06. The largest absolute Gasteiger partial charge is 0.378 e. The second-order valence-corrected chi connectivity index (χ2v) is 5.93. The van der Waals surface area contributed by atoms with Gasteiger partial charge in [-0.15, -0.1) is 11.6 Å². The van der Waals surface area contributed by atoms with Crippen LogP contribution in [0.1, 0.15) is 33.1 Å². The van der Waals surface area contributed by atoms with Crippen LogP contribution < -0.4 is 0 Å². The SMILES string of the molecule is CCOC1CC(CC(=O)N2CC(CCl)OCC2C)C1. The second-order valence-electron chi connectivity index (χ2n) is 5.62. The number of alkyl halides is 1. The number of nitrogens with zero attached hydrogens (tertiary/aromatic N) is 1. The predicted molar refractivity (Wildman–Crippen MR) is 74.4 cm³/mol. The average Bonchev–Trinajstić information content (AvgIpc) is 2.36. The summed E-state index contributed by atoms with van der Waals surface area (Å²) in [5.41, 5.74) is 0. The predicted octanol–water partition coefficient (Wildman–Crippen LogP) is 2.05. The lowest BCUT2D eigenvalue weighted by atomic mass is 9.79. The Hall–Kier alpha value is -0.320. The van der Waals surface area contributed by atoms with Crippen LogP contribution in [0.3, 0.4) is 0 Å². The van der Waals surface area contributed by atoms with Gasteiger partial charge < -0.3 is 14.4 Å². The van der Waals surface area contributed by atoms with Crippen LogP contribution in [0.15, 0.2) is 0 Å². The van der Waals surface area contributed by atoms with E-state index in [1.165, 1.54) is 0 Å². The zero-order chi connectivity index (χ0) is 13.8. The van der Waals surface area contributed by atoms with Gasteiger partial charge in [-0.2, -0.15) is 0 Å². The molecule has 2 atom stereocenters. The Morgan fingerprint density at radius 2 is 2.21 bits per heavy atom. The van der Waals surface area contributed by atoms with Crippen molar-refractivity contribution in [3.8, 4) is 0 Å². The van der Waals surface area contributed by atoms with Crippen molar-refractivity contribution in [2.75, 3.05) is 25.6 Å². The summed E-state index contributed by atoms with van der Waals surface area (Å²) in [6.45, 7) is 6.04. The van der Waals surface area contributed by atoms with Crippen molar-refractivity contribution in [2.24, 2.45) is 5.92 Å². The summed E-state index contributed by atoms with van der Waals surface area (Å²) in [4.78, 5) is 14.3. The van der Waals surface area contributed by atoms with Crippen molar-refractivity contribution < 1.29 is 14.3 Å². The van der Waals surface area contributed by atoms with Crippen molar-refractivity contribution in [1.29, 1.82) is 0 Å². The number of ether oxygens (including phenoxy) is 2. The van der Waals surface area contributed by atoms with E-state index in [2.05, 4.69) is 0 Å². The molecule has 110 valence electrons. The highest BCUT2D eigenvalue weighted by Gasteiger charge is 2.35. The zero-order valence-electron chi connectivity index (χ0n) is 11.8. The third-order valence-corrected chi connectivity index (χ3v) is 4.40. The molecular weight excluding hydrogens is 266 g/mol. The van der Waals surface area contributed by atoms with E-state index in [4.69, 9.17) is 21.1 Å². The molecule has 4 nitrogen and oxygen atoms in total. The number of morpholine rings is 1. The molecule has 0 N–H and O–H groups in total. The maximum absolute atomic E-state index is 12.3. The van der Waals surface area contributed by atoms with Gasteiger partial charge in [-0.1, -0.05) is 0 Å². The van der Waals surface area contributed by atoms with Gasteiger partial charge in [-0.05, 0) is 32.6 Å². The van der Waals surface area contributed by atoms with Crippen molar-refractivity contribution >= 4 is 17.5 Å². The van der Waals surface area contributed by atoms with Crippen LogP contribution in [0.25, 0.3) is 0 Å². The van der Waals surface area contributed by atoms with Gasteiger partial charge in [0.15, 0.2) is 0 Å². The Bertz CT molecular complexity index is 307. The Morgan fingerprint density at radius 3 is 2.84 bits per heavy atom. The Balaban J connectivity index is 1.76. The molecule has 0 aromatic rings. The quantitative estimate of drug-likeness (QED) is 0.727. The zero-order valence-corrected chi connectivity index (χ0v) is 12.6. The molecule has 0 aromatic heterocycles. The summed E-state index contributed by atoms with van der Waals surface area (Å²) in [5.74, 6) is 1.19. The minimum Gasteiger partial charge on any atom is -0.378 e. The van der Waals surface area contributed by atoms with E-state index in [0.717, 1.165) is 19.4 Å². The maximum atomic E-state index is 12.3. The molecular formula is C14H24ClNO3. The van der Waals surface area contributed by atoms with E-state index < -0.39 is 0 Å². The Labute approximate surface area is 120 Å². The molecule has 1 saturated heterocycles. The van der Waals surface area contributed by atoms with Gasteiger partial charge in [0.25, 0.3) is 0 Å². The Kier molecular flexibility index (Phi) is 5.48. The highest BCUT2D eigenvalue weighted by Crippen LogP contribution is 2.33. The molecule has 2 unspecified atom stereocenters. The van der Waals surface area contributed by atoms with Gasteiger partial charge in [0, 0.05) is 19.6 Å². The van der Waals surface area contributed by atoms with Crippen LogP contribution in [-0.4, -0.2) is 54.7 Å². The van der Waals surface area contributed by atoms with E-state index in [-0.39, 0.29) is 18.1 Å². The first-order valence-electron chi connectivity index (χ1n) is 7.22. The van der Waals surface area contributed by atoms with Crippen molar-refractivity contribution in [1.82, 2.24) is 4.90 Å². The molecule has 0 aromatic carbocycles. The lowest BCUT2D eigenvalue weighted by molar-refractivity contribution is -0.146. The number of carbonyl (C=O) groups excluding carboxylic acids is 1. The maximum Gasteiger partial charge on any atom is 0.223 e. The molecule has 19 heavy (non-hydrogen) atoms. The van der Waals surface area contributed by atoms with Crippen LogP contribution in [0.5, 0.6) is 0 Å². The van der Waals surface area contributed by atoms with Gasteiger partial charge in [-0.3, -0.25) is 4.79 Å². The second kappa shape index (κ2) is 6.91. The number of hydrogen-bond acceptors (Lipinski definition) is 3. The molecule has 0 radical (unpaired) electrons. The summed E-state index contributed by atoms with van der Waals surface area (Å²) < 4.78 is 11.1. The summed E-state index contributed by atoms with van der Waals surface area (Å²) in [7, 11) is 0. The smallest absolute Gasteiger partial charge is 0.223 e. The van der Waals surface area contributed by atoms with Crippen LogP contribution >= 0.6 is 11.6 Å². The van der Waals surface area contributed by atoms with Gasteiger partial charge in [0.2, 0.25) is 5.91 Å². The number of hydrogen-bond donors (Lipinski definition) is 0. The topological polar surface area (TPSA) is 38.8 Å². The summed E-state index contributed by atoms with van der Waals surface area (Å²) in [5, 5.41) is 0. The van der Waals surface area contributed by atoms with Gasteiger partial charge >= 0.3 is 0 Å². The molecule has 1 amide bonds. The lowest BCUT2D eigenvalue weighted by Gasteiger charge is -2.40. The van der Waals surface area contributed by atoms with Crippen molar-refractivity contribution in [3.05, 3.63) is 0 Å². The monoisotopic (exact) mass is 289 g/mol. The first-order chi connectivity index (χ1) is 9.13. The fraction of sp³-hybridized carbons (Fsp3) is 0.929. The Morgan fingerprint density at radius 1 is 1.47 bits per heavy atom. The normalized spacial score (nSPS) is 35.0. The first kappa shape index (κ1) is 15.1. The van der Waals surface area contributed by atoms with E-state index in [1.54, 1.807) is 0 Å². The summed E-state index contributed by atoms with van der Waals surface area (Å²) in [6.07, 6.45) is 3.05. The lowest BCUT2D eigenvalue weighted by Crippen LogP contribution is -2.52. The fourth-order valence-electron chi connectivity index (χ4n) is 2.84. The van der Waals surface area contributed by atoms with Crippen LogP contribution in [-0.2, 0) is 14.3 Å². The van der Waals surface area contributed by atoms with E-state index in [1.807, 2.05) is 18.7 Å². The van der Waals surface area contributed by atoms with E-state index >= 15 is 0 Å².